The van der Waals surface area contributed by atoms with Crippen LogP contribution in [0.3, 0.4) is 0 Å². The lowest BCUT2D eigenvalue weighted by molar-refractivity contribution is -0.136. The molecule has 1 heterocycles. The summed E-state index contributed by atoms with van der Waals surface area (Å²) in [6.45, 7) is 3.47. The van der Waals surface area contributed by atoms with Crippen LogP contribution in [0.15, 0.2) is 42.1 Å². The number of esters is 1. The Hall–Kier alpha value is -2.40. The molecule has 1 aromatic carbocycles. The molecule has 134 valence electrons. The van der Waals surface area contributed by atoms with E-state index in [1.165, 1.54) is 7.11 Å². The van der Waals surface area contributed by atoms with Gasteiger partial charge >= 0.3 is 5.97 Å². The van der Waals surface area contributed by atoms with Gasteiger partial charge in [-0.15, -0.1) is 0 Å². The van der Waals surface area contributed by atoms with Crippen molar-refractivity contribution in [2.45, 2.75) is 26.2 Å². The number of rotatable bonds is 7. The van der Waals surface area contributed by atoms with Crippen molar-refractivity contribution in [1.29, 1.82) is 0 Å². The molecule has 0 aromatic heterocycles. The Bertz CT molecular complexity index is 640. The second-order valence-corrected chi connectivity index (χ2v) is 6.17. The fourth-order valence-corrected chi connectivity index (χ4v) is 2.86. The van der Waals surface area contributed by atoms with Crippen LogP contribution in [0.25, 0.3) is 5.57 Å². The molecule has 5 nitrogen and oxygen atoms in total. The molecule has 1 N–H and O–H groups in total. The molecule has 2 rings (SSSR count). The number of methoxy groups -OCH3 is 1. The molecule has 0 saturated carbocycles. The van der Waals surface area contributed by atoms with Crippen LogP contribution in [-0.4, -0.2) is 32.7 Å². The second kappa shape index (κ2) is 9.79. The first-order valence-electron chi connectivity index (χ1n) is 8.47. The fourth-order valence-electron chi connectivity index (χ4n) is 2.86. The molecule has 0 unspecified atom stereocenters. The van der Waals surface area contributed by atoms with Crippen LogP contribution in [0.5, 0.6) is 0 Å². The van der Waals surface area contributed by atoms with E-state index in [2.05, 4.69) is 5.32 Å². The van der Waals surface area contributed by atoms with Gasteiger partial charge in [0.15, 0.2) is 0 Å². The molecule has 1 aromatic rings. The summed E-state index contributed by atoms with van der Waals surface area (Å²) < 4.78 is 10.3. The van der Waals surface area contributed by atoms with Gasteiger partial charge in [0, 0.05) is 25.0 Å². The number of hydrogen-bond donors (Lipinski definition) is 1. The number of amides is 1. The Kier molecular flexibility index (Phi) is 7.41. The van der Waals surface area contributed by atoms with E-state index >= 15 is 0 Å². The Morgan fingerprint density at radius 1 is 1.28 bits per heavy atom. The molecule has 25 heavy (non-hydrogen) atoms. The molecule has 0 spiro atoms. The third-order valence-electron chi connectivity index (χ3n) is 4.32. The third kappa shape index (κ3) is 5.87. The molecule has 0 radical (unpaired) electrons. The zero-order valence-electron chi connectivity index (χ0n) is 14.8. The maximum Gasteiger partial charge on any atom is 0.333 e. The first kappa shape index (κ1) is 18.9. The lowest BCUT2D eigenvalue weighted by atomic mass is 9.90. The van der Waals surface area contributed by atoms with E-state index < -0.39 is 0 Å². The quantitative estimate of drug-likeness (QED) is 0.358. The zero-order chi connectivity index (χ0) is 18.1. The molecular formula is C20H25NO4. The monoisotopic (exact) mass is 343 g/mol. The predicted molar refractivity (Wildman–Crippen MR) is 96.6 cm³/mol. The van der Waals surface area contributed by atoms with E-state index in [-0.39, 0.29) is 5.97 Å². The summed E-state index contributed by atoms with van der Waals surface area (Å²) in [7, 11) is 1.39. The van der Waals surface area contributed by atoms with E-state index in [1.807, 2.05) is 37.3 Å². The number of nitrogens with one attached hydrogen (secondary N) is 1. The standard InChI is InChI=1S/C20H25NO4/c1-15-3-5-17(6-4-15)19(13-21-14-22)12-18(20(23)24-2)11-16-7-9-25-10-8-16/h3-6,12-14,16H,7-11H2,1-2H3,(H,21,22)/b18-12+,19-13+. The van der Waals surface area contributed by atoms with Gasteiger partial charge in [0.2, 0.25) is 6.41 Å². The first-order chi connectivity index (χ1) is 12.1. The zero-order valence-corrected chi connectivity index (χ0v) is 14.8. The number of ether oxygens (including phenoxy) is 2. The molecule has 0 atom stereocenters. The molecule has 0 aliphatic carbocycles. The minimum Gasteiger partial charge on any atom is -0.466 e. The summed E-state index contributed by atoms with van der Waals surface area (Å²) >= 11 is 0. The topological polar surface area (TPSA) is 64.6 Å². The first-order valence-corrected chi connectivity index (χ1v) is 8.47. The molecular weight excluding hydrogens is 318 g/mol. The van der Waals surface area contributed by atoms with Gasteiger partial charge in [-0.05, 0) is 49.3 Å². The Balaban J connectivity index is 2.31. The van der Waals surface area contributed by atoms with Crippen molar-refractivity contribution in [1.82, 2.24) is 5.32 Å². The summed E-state index contributed by atoms with van der Waals surface area (Å²) in [6, 6.07) is 7.92. The van der Waals surface area contributed by atoms with Crippen LogP contribution >= 0.6 is 0 Å². The molecule has 1 aliphatic heterocycles. The Labute approximate surface area is 148 Å². The predicted octanol–water partition coefficient (Wildman–Crippen LogP) is 3.00. The number of carbonyl (C=O) groups is 2. The highest BCUT2D eigenvalue weighted by molar-refractivity contribution is 5.92. The van der Waals surface area contributed by atoms with E-state index in [0.29, 0.717) is 24.3 Å². The van der Waals surface area contributed by atoms with Crippen LogP contribution in [0.2, 0.25) is 0 Å². The summed E-state index contributed by atoms with van der Waals surface area (Å²) in [5.41, 5.74) is 3.44. The van der Waals surface area contributed by atoms with Crippen molar-refractivity contribution in [3.8, 4) is 0 Å². The van der Waals surface area contributed by atoms with Crippen LogP contribution in [-0.2, 0) is 19.1 Å². The summed E-state index contributed by atoms with van der Waals surface area (Å²) in [4.78, 5) is 22.9. The second-order valence-electron chi connectivity index (χ2n) is 6.17. The van der Waals surface area contributed by atoms with Gasteiger partial charge in [-0.25, -0.2) is 4.79 Å². The van der Waals surface area contributed by atoms with E-state index in [9.17, 15) is 9.59 Å². The van der Waals surface area contributed by atoms with Gasteiger partial charge in [-0.3, -0.25) is 4.79 Å². The lowest BCUT2D eigenvalue weighted by Crippen LogP contribution is -2.18. The van der Waals surface area contributed by atoms with Crippen molar-refractivity contribution in [3.05, 3.63) is 53.2 Å². The normalized spacial score (nSPS) is 16.4. The summed E-state index contributed by atoms with van der Waals surface area (Å²) in [6.07, 6.45) is 6.53. The van der Waals surface area contributed by atoms with Crippen molar-refractivity contribution < 1.29 is 19.1 Å². The molecule has 1 aliphatic rings. The van der Waals surface area contributed by atoms with Crippen molar-refractivity contribution in [3.63, 3.8) is 0 Å². The average molecular weight is 343 g/mol. The molecule has 1 fully saturated rings. The summed E-state index contributed by atoms with van der Waals surface area (Å²) in [5.74, 6) is 0.0630. The molecule has 0 bridgehead atoms. The van der Waals surface area contributed by atoms with Gasteiger partial charge in [0.1, 0.15) is 0 Å². The maximum atomic E-state index is 12.2. The highest BCUT2D eigenvalue weighted by Crippen LogP contribution is 2.26. The number of hydrogen-bond acceptors (Lipinski definition) is 4. The largest absolute Gasteiger partial charge is 0.466 e. The SMILES string of the molecule is COC(=O)/C(=C/C(=C\NC=O)c1ccc(C)cc1)CC1CCOCC1. The Morgan fingerprint density at radius 2 is 1.96 bits per heavy atom. The summed E-state index contributed by atoms with van der Waals surface area (Å²) in [5, 5.41) is 2.57. The van der Waals surface area contributed by atoms with Gasteiger partial charge in [-0.2, -0.15) is 0 Å². The number of aryl methyl sites for hydroxylation is 1. The van der Waals surface area contributed by atoms with Crippen molar-refractivity contribution in [2.24, 2.45) is 5.92 Å². The number of allylic oxidation sites excluding steroid dienone is 2. The molecule has 5 heteroatoms. The van der Waals surface area contributed by atoms with Crippen LogP contribution in [0, 0.1) is 12.8 Å². The Morgan fingerprint density at radius 3 is 2.56 bits per heavy atom. The number of benzene rings is 1. The molecule has 1 amide bonds. The van der Waals surface area contributed by atoms with Gasteiger partial charge < -0.3 is 14.8 Å². The van der Waals surface area contributed by atoms with Crippen LogP contribution < -0.4 is 5.32 Å². The minimum absolute atomic E-state index is 0.337. The van der Waals surface area contributed by atoms with Crippen LogP contribution in [0.4, 0.5) is 0 Å². The smallest absolute Gasteiger partial charge is 0.333 e. The maximum absolute atomic E-state index is 12.2. The average Bonchev–Trinajstić information content (AvgIpc) is 2.65. The fraction of sp³-hybridized carbons (Fsp3) is 0.400. The van der Waals surface area contributed by atoms with E-state index in [4.69, 9.17) is 9.47 Å². The van der Waals surface area contributed by atoms with Gasteiger partial charge in [0.05, 0.1) is 7.11 Å². The van der Waals surface area contributed by atoms with Gasteiger partial charge in [-0.1, -0.05) is 29.8 Å². The third-order valence-corrected chi connectivity index (χ3v) is 4.32. The van der Waals surface area contributed by atoms with Crippen LogP contribution in [0.1, 0.15) is 30.4 Å². The molecule has 1 saturated heterocycles. The highest BCUT2D eigenvalue weighted by Gasteiger charge is 2.20. The highest BCUT2D eigenvalue weighted by atomic mass is 16.5. The lowest BCUT2D eigenvalue weighted by Gasteiger charge is -2.22. The van der Waals surface area contributed by atoms with Gasteiger partial charge in [0.25, 0.3) is 0 Å². The van der Waals surface area contributed by atoms with Crippen molar-refractivity contribution >= 4 is 18.0 Å². The van der Waals surface area contributed by atoms with Crippen molar-refractivity contribution in [2.75, 3.05) is 20.3 Å². The minimum atomic E-state index is -0.337. The number of carbonyl (C=O) groups excluding carboxylic acids is 2. The van der Waals surface area contributed by atoms with E-state index in [1.54, 1.807) is 6.20 Å². The van der Waals surface area contributed by atoms with E-state index in [0.717, 1.165) is 42.8 Å².